The van der Waals surface area contributed by atoms with E-state index in [1.165, 1.54) is 38.4 Å². The number of anilines is 9. The number of fused-ring (bicyclic) bond motifs is 4. The Kier molecular flexibility index (Phi) is 12.1. The van der Waals surface area contributed by atoms with Crippen molar-refractivity contribution in [3.05, 3.63) is 308 Å². The lowest BCUT2D eigenvalue weighted by atomic mass is 9.92. The van der Waals surface area contributed by atoms with Gasteiger partial charge in [-0.05, 0) is 167 Å². The molecule has 2 bridgehead atoms. The SMILES string of the molecule is CC1C=C(N(c2ccc(N(C3=CC4=CC=CC=C(C=C3)C4)c3ccccc3)cc2)c2ccc(N(c3ccccc3)c3ccc4ccccc4c3)cc2)C=CC1N(c1ccccc1)c1ccc2ccccc2c1. The number of benzene rings is 9. The lowest BCUT2D eigenvalue weighted by Gasteiger charge is -2.38. The number of hydrogen-bond donors (Lipinski definition) is 0. The summed E-state index contributed by atoms with van der Waals surface area (Å²) in [5.41, 5.74) is 14.8. The van der Waals surface area contributed by atoms with Crippen LogP contribution in [0.4, 0.5) is 51.2 Å². The monoisotopic (exact) mass is 926 g/mol. The predicted octanol–water partition coefficient (Wildman–Crippen LogP) is 18.3. The van der Waals surface area contributed by atoms with E-state index in [0.29, 0.717) is 0 Å². The second kappa shape index (κ2) is 19.7. The van der Waals surface area contributed by atoms with Gasteiger partial charge in [-0.2, -0.15) is 0 Å². The van der Waals surface area contributed by atoms with Crippen LogP contribution in [0.15, 0.2) is 308 Å². The molecule has 12 rings (SSSR count). The van der Waals surface area contributed by atoms with E-state index in [0.717, 1.165) is 63.3 Å². The van der Waals surface area contributed by atoms with E-state index in [-0.39, 0.29) is 12.0 Å². The maximum atomic E-state index is 2.49. The topological polar surface area (TPSA) is 13.0 Å². The van der Waals surface area contributed by atoms with Crippen molar-refractivity contribution in [3.8, 4) is 0 Å². The molecule has 346 valence electrons. The van der Waals surface area contributed by atoms with Crippen LogP contribution in [-0.4, -0.2) is 6.04 Å². The third kappa shape index (κ3) is 8.98. The minimum absolute atomic E-state index is 0.0655. The number of hydrogen-bond acceptors (Lipinski definition) is 4. The third-order valence-corrected chi connectivity index (χ3v) is 14.0. The van der Waals surface area contributed by atoms with Crippen molar-refractivity contribution >= 4 is 72.7 Å². The van der Waals surface area contributed by atoms with Gasteiger partial charge in [0.1, 0.15) is 0 Å². The zero-order valence-electron chi connectivity index (χ0n) is 40.3. The molecule has 0 aromatic heterocycles. The van der Waals surface area contributed by atoms with E-state index in [4.69, 9.17) is 0 Å². The first-order valence-corrected chi connectivity index (χ1v) is 25.0. The van der Waals surface area contributed by atoms with Crippen LogP contribution in [0.3, 0.4) is 0 Å². The second-order valence-electron chi connectivity index (χ2n) is 18.7. The maximum absolute atomic E-state index is 2.49. The molecule has 2 atom stereocenters. The summed E-state index contributed by atoms with van der Waals surface area (Å²) in [5.74, 6) is 0.143. The quantitative estimate of drug-likeness (QED) is 0.121. The minimum Gasteiger partial charge on any atom is -0.334 e. The van der Waals surface area contributed by atoms with Gasteiger partial charge in [-0.25, -0.2) is 0 Å². The van der Waals surface area contributed by atoms with E-state index in [1.54, 1.807) is 0 Å². The molecular weight excluding hydrogens is 873 g/mol. The fraction of sp³-hybridized carbons (Fsp3) is 0.0588. The van der Waals surface area contributed by atoms with E-state index >= 15 is 0 Å². The average molecular weight is 927 g/mol. The molecule has 4 heteroatoms. The lowest BCUT2D eigenvalue weighted by Crippen LogP contribution is -2.36. The van der Waals surface area contributed by atoms with Gasteiger partial charge in [0.15, 0.2) is 0 Å². The van der Waals surface area contributed by atoms with Crippen molar-refractivity contribution < 1.29 is 0 Å². The zero-order valence-corrected chi connectivity index (χ0v) is 40.3. The summed E-state index contributed by atoms with van der Waals surface area (Å²) < 4.78 is 0. The molecular formula is C68H54N4. The van der Waals surface area contributed by atoms with Crippen molar-refractivity contribution in [2.24, 2.45) is 5.92 Å². The molecule has 9 aromatic rings. The Morgan fingerprint density at radius 1 is 0.347 bits per heavy atom. The van der Waals surface area contributed by atoms with E-state index in [1.807, 2.05) is 0 Å². The molecule has 0 amide bonds. The molecule has 0 saturated carbocycles. The molecule has 4 nitrogen and oxygen atoms in total. The number of rotatable bonds is 12. The van der Waals surface area contributed by atoms with Crippen LogP contribution in [0, 0.1) is 5.92 Å². The largest absolute Gasteiger partial charge is 0.334 e. The summed E-state index contributed by atoms with van der Waals surface area (Å²) in [7, 11) is 0. The summed E-state index contributed by atoms with van der Waals surface area (Å²) in [6, 6.07) is 81.1. The van der Waals surface area contributed by atoms with Gasteiger partial charge in [0.25, 0.3) is 0 Å². The summed E-state index contributed by atoms with van der Waals surface area (Å²) in [6.07, 6.45) is 23.6. The predicted molar refractivity (Wildman–Crippen MR) is 306 cm³/mol. The first-order chi connectivity index (χ1) is 35.6. The number of allylic oxidation sites excluding steroid dienone is 10. The smallest absolute Gasteiger partial charge is 0.0586 e. The van der Waals surface area contributed by atoms with E-state index in [2.05, 4.69) is 312 Å². The van der Waals surface area contributed by atoms with Crippen molar-refractivity contribution in [1.82, 2.24) is 0 Å². The molecule has 0 fully saturated rings. The van der Waals surface area contributed by atoms with E-state index < -0.39 is 0 Å². The van der Waals surface area contributed by atoms with Gasteiger partial charge in [0.05, 0.1) is 6.04 Å². The maximum Gasteiger partial charge on any atom is 0.0586 e. The van der Waals surface area contributed by atoms with Crippen LogP contribution >= 0.6 is 0 Å². The molecule has 0 N–H and O–H groups in total. The molecule has 0 radical (unpaired) electrons. The first kappa shape index (κ1) is 44.1. The Balaban J connectivity index is 0.949. The summed E-state index contributed by atoms with van der Waals surface area (Å²) in [6.45, 7) is 2.35. The standard InChI is InChI=1S/C68H54N4/c1-50-45-64(43-44-68(50)72(59-27-9-4-10-28-59)67-34-31-54-20-14-16-22-56(54)49-67)71(63-41-37-61(38-42-63)70(58-25-7-3-8-26-58)66-33-30-53-19-13-15-21-55(53)48-66)62-39-35-60(36-40-62)69(57-23-5-2-6-24-57)65-32-29-51-17-11-12-18-52(46-51)47-65/h2-45,47-50,68H,46H2,1H3. The first-order valence-electron chi connectivity index (χ1n) is 25.0. The van der Waals surface area contributed by atoms with Crippen LogP contribution in [0.5, 0.6) is 0 Å². The van der Waals surface area contributed by atoms with Crippen LogP contribution in [-0.2, 0) is 0 Å². The van der Waals surface area contributed by atoms with E-state index in [9.17, 15) is 0 Å². The van der Waals surface area contributed by atoms with Crippen LogP contribution in [0.1, 0.15) is 13.3 Å². The molecule has 0 saturated heterocycles. The third-order valence-electron chi connectivity index (χ3n) is 14.0. The minimum atomic E-state index is 0.0655. The molecule has 0 heterocycles. The fourth-order valence-electron chi connectivity index (χ4n) is 10.5. The summed E-state index contributed by atoms with van der Waals surface area (Å²) in [5, 5.41) is 4.89. The van der Waals surface area contributed by atoms with Gasteiger partial charge in [0.2, 0.25) is 0 Å². The van der Waals surface area contributed by atoms with Crippen molar-refractivity contribution in [3.63, 3.8) is 0 Å². The van der Waals surface area contributed by atoms with Crippen molar-refractivity contribution in [2.75, 3.05) is 19.6 Å². The van der Waals surface area contributed by atoms with Gasteiger partial charge >= 0.3 is 0 Å². The highest BCUT2D eigenvalue weighted by atomic mass is 15.2. The lowest BCUT2D eigenvalue weighted by molar-refractivity contribution is 0.604. The molecule has 72 heavy (non-hydrogen) atoms. The Hall–Kier alpha value is -9.12. The Labute approximate surface area is 423 Å². The number of para-hydroxylation sites is 3. The molecule has 2 unspecified atom stereocenters. The van der Waals surface area contributed by atoms with Gasteiger partial charge in [-0.1, -0.05) is 165 Å². The fourth-order valence-corrected chi connectivity index (χ4v) is 10.5. The van der Waals surface area contributed by atoms with Crippen LogP contribution in [0.2, 0.25) is 0 Å². The molecule has 0 aliphatic heterocycles. The van der Waals surface area contributed by atoms with Crippen LogP contribution in [0.25, 0.3) is 21.5 Å². The number of nitrogens with zero attached hydrogens (tertiary/aromatic N) is 4. The van der Waals surface area contributed by atoms with Gasteiger partial charge in [-0.15, -0.1) is 0 Å². The molecule has 0 spiro atoms. The highest BCUT2D eigenvalue weighted by molar-refractivity contribution is 5.90. The highest BCUT2D eigenvalue weighted by Gasteiger charge is 2.29. The van der Waals surface area contributed by atoms with Crippen LogP contribution < -0.4 is 19.6 Å². The Morgan fingerprint density at radius 2 is 0.778 bits per heavy atom. The summed E-state index contributed by atoms with van der Waals surface area (Å²) >= 11 is 0. The van der Waals surface area contributed by atoms with Crippen molar-refractivity contribution in [2.45, 2.75) is 19.4 Å². The highest BCUT2D eigenvalue weighted by Crippen LogP contribution is 2.43. The second-order valence-corrected chi connectivity index (χ2v) is 18.7. The molecule has 3 aliphatic rings. The summed E-state index contributed by atoms with van der Waals surface area (Å²) in [4.78, 5) is 9.62. The Morgan fingerprint density at radius 3 is 1.35 bits per heavy atom. The van der Waals surface area contributed by atoms with Gasteiger partial charge in [-0.3, -0.25) is 0 Å². The normalized spacial score (nSPS) is 16.0. The molecule has 3 aliphatic carbocycles. The van der Waals surface area contributed by atoms with Gasteiger partial charge < -0.3 is 19.6 Å². The zero-order chi connectivity index (χ0) is 48.2. The van der Waals surface area contributed by atoms with Gasteiger partial charge in [0, 0.05) is 68.5 Å². The molecule has 9 aromatic carbocycles. The average Bonchev–Trinajstić information content (AvgIpc) is 3.79. The van der Waals surface area contributed by atoms with Crippen molar-refractivity contribution in [1.29, 1.82) is 0 Å². The Bertz CT molecular complexity index is 3620.